The molecule has 1 aromatic carbocycles. The highest BCUT2D eigenvalue weighted by atomic mass is 16.5. The molecule has 0 saturated carbocycles. The maximum absolute atomic E-state index is 6.79. The Bertz CT molecular complexity index is 1920. The highest BCUT2D eigenvalue weighted by Gasteiger charge is 2.50. The number of allylic oxidation sites excluding steroid dienone is 16. The van der Waals surface area contributed by atoms with Crippen LogP contribution in [-0.4, -0.2) is 34.1 Å². The molecule has 9 unspecified atom stereocenters. The van der Waals surface area contributed by atoms with Crippen molar-refractivity contribution in [1.29, 1.82) is 0 Å². The van der Waals surface area contributed by atoms with E-state index in [1.54, 1.807) is 5.57 Å². The van der Waals surface area contributed by atoms with Crippen LogP contribution in [-0.2, 0) is 4.74 Å². The minimum absolute atomic E-state index is 0.132. The maximum Gasteiger partial charge on any atom is 0.0853 e. The van der Waals surface area contributed by atoms with Crippen molar-refractivity contribution < 1.29 is 4.74 Å². The first-order valence-electron chi connectivity index (χ1n) is 19.8. The fourth-order valence-corrected chi connectivity index (χ4v) is 10.8. The molecule has 0 radical (unpaired) electrons. The Balaban J connectivity index is 1.06. The van der Waals surface area contributed by atoms with E-state index in [1.807, 2.05) is 0 Å². The SMILES string of the molecule is C1=CCCC(N2C3=C(CC(N(C4=CC=CCC4C4=CCCC=C4)C4=CC=CC5OC6C=CCCC6C45)C=C3)C3CC(c4ccccc4)C=CC32)=C1. The zero-order chi connectivity index (χ0) is 33.7. The van der Waals surface area contributed by atoms with Gasteiger partial charge in [-0.1, -0.05) is 115 Å². The van der Waals surface area contributed by atoms with Crippen molar-refractivity contribution in [3.05, 3.63) is 179 Å². The van der Waals surface area contributed by atoms with Gasteiger partial charge in [-0.25, -0.2) is 0 Å². The van der Waals surface area contributed by atoms with Crippen molar-refractivity contribution in [3.8, 4) is 0 Å². The third-order valence-corrected chi connectivity index (χ3v) is 13.1. The molecular weight excluding hydrogens is 621 g/mol. The number of benzene rings is 1. The molecule has 9 atom stereocenters. The lowest BCUT2D eigenvalue weighted by Gasteiger charge is -2.45. The van der Waals surface area contributed by atoms with Crippen LogP contribution in [0.3, 0.4) is 0 Å². The maximum atomic E-state index is 6.79. The van der Waals surface area contributed by atoms with Crippen molar-refractivity contribution in [3.63, 3.8) is 0 Å². The Morgan fingerprint density at radius 1 is 0.745 bits per heavy atom. The molecule has 1 saturated heterocycles. The van der Waals surface area contributed by atoms with Crippen molar-refractivity contribution in [2.75, 3.05) is 0 Å². The molecule has 10 rings (SSSR count). The van der Waals surface area contributed by atoms with Gasteiger partial charge in [0.25, 0.3) is 0 Å². The van der Waals surface area contributed by atoms with E-state index in [0.29, 0.717) is 35.6 Å². The summed E-state index contributed by atoms with van der Waals surface area (Å²) in [5, 5.41) is 0. The van der Waals surface area contributed by atoms with E-state index in [4.69, 9.17) is 4.74 Å². The normalized spacial score (nSPS) is 35.8. The zero-order valence-electron chi connectivity index (χ0n) is 29.6. The van der Waals surface area contributed by atoms with Crippen LogP contribution in [0, 0.1) is 23.7 Å². The topological polar surface area (TPSA) is 15.7 Å². The summed E-state index contributed by atoms with van der Waals surface area (Å²) in [4.78, 5) is 5.56. The first-order chi connectivity index (χ1) is 25.3. The molecule has 258 valence electrons. The molecule has 0 spiro atoms. The van der Waals surface area contributed by atoms with Crippen LogP contribution in [0.15, 0.2) is 174 Å². The van der Waals surface area contributed by atoms with Gasteiger partial charge in [-0.05, 0) is 98.8 Å². The van der Waals surface area contributed by atoms with Crippen molar-refractivity contribution in [1.82, 2.24) is 9.80 Å². The highest BCUT2D eigenvalue weighted by Crippen LogP contribution is 2.53. The molecular formula is C48H50N2O. The van der Waals surface area contributed by atoms with Crippen LogP contribution < -0.4 is 0 Å². The van der Waals surface area contributed by atoms with Crippen LogP contribution in [0.1, 0.15) is 69.3 Å². The lowest BCUT2D eigenvalue weighted by Crippen LogP contribution is -2.43. The lowest BCUT2D eigenvalue weighted by molar-refractivity contribution is 0.0799. The van der Waals surface area contributed by atoms with Gasteiger partial charge in [0, 0.05) is 52.4 Å². The molecule has 3 heteroatoms. The molecule has 9 aliphatic rings. The zero-order valence-corrected chi connectivity index (χ0v) is 29.6. The Hall–Kier alpha value is -4.34. The van der Waals surface area contributed by atoms with E-state index >= 15 is 0 Å². The van der Waals surface area contributed by atoms with Crippen LogP contribution >= 0.6 is 0 Å². The molecule has 51 heavy (non-hydrogen) atoms. The largest absolute Gasteiger partial charge is 0.366 e. The average Bonchev–Trinajstić information content (AvgIpc) is 3.75. The number of nitrogens with zero attached hydrogens (tertiary/aromatic N) is 2. The van der Waals surface area contributed by atoms with Gasteiger partial charge >= 0.3 is 0 Å². The second-order valence-corrected chi connectivity index (χ2v) is 15.9. The summed E-state index contributed by atoms with van der Waals surface area (Å²) in [5.74, 6) is 2.18. The molecule has 3 nitrogen and oxygen atoms in total. The molecule has 2 aliphatic heterocycles. The van der Waals surface area contributed by atoms with E-state index in [2.05, 4.69) is 150 Å². The van der Waals surface area contributed by atoms with Crippen LogP contribution in [0.25, 0.3) is 0 Å². The smallest absolute Gasteiger partial charge is 0.0853 e. The molecule has 0 amide bonds. The fraction of sp³-hybridized carbons (Fsp3) is 0.375. The Morgan fingerprint density at radius 3 is 2.55 bits per heavy atom. The standard InChI is InChI=1S/C48H50N2O/c1-4-15-33(16-5-1)35-27-29-43-40(31-35)41-32-37(28-30-44(41)49(43)36-19-8-3-9-20-36)50(42-23-12-10-21-38(42)34-17-6-2-7-18-34)45-24-14-26-47-48(45)39-22-11-13-25-46(39)51-47/h1,3-6,8,10,12-19,23-30,35,37-40,43,46-48H,2,7,9,11,20-22,31-32H2. The van der Waals surface area contributed by atoms with E-state index in [0.717, 1.165) is 51.4 Å². The minimum atomic E-state index is 0.132. The van der Waals surface area contributed by atoms with Gasteiger partial charge in [-0.3, -0.25) is 0 Å². The fourth-order valence-electron chi connectivity index (χ4n) is 10.8. The predicted molar refractivity (Wildman–Crippen MR) is 208 cm³/mol. The Labute approximate surface area is 304 Å². The van der Waals surface area contributed by atoms with Crippen LogP contribution in [0.2, 0.25) is 0 Å². The molecule has 1 aromatic rings. The van der Waals surface area contributed by atoms with Gasteiger partial charge in [0.2, 0.25) is 0 Å². The minimum Gasteiger partial charge on any atom is -0.366 e. The summed E-state index contributed by atoms with van der Waals surface area (Å²) in [6, 6.07) is 11.8. The van der Waals surface area contributed by atoms with Gasteiger partial charge in [-0.15, -0.1) is 0 Å². The monoisotopic (exact) mass is 670 g/mol. The quantitative estimate of drug-likeness (QED) is 0.280. The van der Waals surface area contributed by atoms with Gasteiger partial charge < -0.3 is 14.5 Å². The van der Waals surface area contributed by atoms with Gasteiger partial charge in [-0.2, -0.15) is 0 Å². The number of hydrogen-bond donors (Lipinski definition) is 0. The second kappa shape index (κ2) is 13.3. The predicted octanol–water partition coefficient (Wildman–Crippen LogP) is 10.7. The van der Waals surface area contributed by atoms with Gasteiger partial charge in [0.15, 0.2) is 0 Å². The van der Waals surface area contributed by atoms with Crippen molar-refractivity contribution in [2.45, 2.75) is 88.0 Å². The Morgan fingerprint density at radius 2 is 1.67 bits per heavy atom. The molecule has 7 aliphatic carbocycles. The number of hydrogen-bond acceptors (Lipinski definition) is 3. The number of rotatable bonds is 6. The third-order valence-electron chi connectivity index (χ3n) is 13.1. The molecule has 1 fully saturated rings. The van der Waals surface area contributed by atoms with Crippen molar-refractivity contribution >= 4 is 0 Å². The first-order valence-corrected chi connectivity index (χ1v) is 19.8. The summed E-state index contributed by atoms with van der Waals surface area (Å²) in [6.07, 6.45) is 53.9. The Kier molecular flexibility index (Phi) is 8.21. The summed E-state index contributed by atoms with van der Waals surface area (Å²) < 4.78 is 6.79. The lowest BCUT2D eigenvalue weighted by atomic mass is 9.74. The van der Waals surface area contributed by atoms with E-state index < -0.39 is 0 Å². The second-order valence-electron chi connectivity index (χ2n) is 15.9. The average molecular weight is 671 g/mol. The van der Waals surface area contributed by atoms with E-state index in [1.165, 1.54) is 40.3 Å². The van der Waals surface area contributed by atoms with Crippen LogP contribution in [0.5, 0.6) is 0 Å². The molecule has 0 N–H and O–H groups in total. The molecule has 2 heterocycles. The summed E-state index contributed by atoms with van der Waals surface area (Å²) in [5.41, 5.74) is 10.4. The summed E-state index contributed by atoms with van der Waals surface area (Å²) >= 11 is 0. The molecule has 0 aromatic heterocycles. The van der Waals surface area contributed by atoms with Gasteiger partial charge in [0.1, 0.15) is 0 Å². The van der Waals surface area contributed by atoms with E-state index in [9.17, 15) is 0 Å². The summed E-state index contributed by atoms with van der Waals surface area (Å²) in [7, 11) is 0. The molecule has 0 bridgehead atoms. The van der Waals surface area contributed by atoms with Crippen LogP contribution in [0.4, 0.5) is 0 Å². The van der Waals surface area contributed by atoms with E-state index in [-0.39, 0.29) is 18.2 Å². The third kappa shape index (κ3) is 5.51. The van der Waals surface area contributed by atoms with Gasteiger partial charge in [0.05, 0.1) is 24.3 Å². The van der Waals surface area contributed by atoms with Crippen molar-refractivity contribution in [2.24, 2.45) is 23.7 Å². The first kappa shape index (κ1) is 31.4. The number of ether oxygens (including phenoxy) is 1. The summed E-state index contributed by atoms with van der Waals surface area (Å²) in [6.45, 7) is 0. The number of fused-ring (bicyclic) bond motifs is 5. The highest BCUT2D eigenvalue weighted by molar-refractivity contribution is 5.48.